The van der Waals surface area contributed by atoms with Gasteiger partial charge in [0, 0.05) is 51.5 Å². The Labute approximate surface area is 356 Å². The number of nitrogens with zero attached hydrogens (tertiary/aromatic N) is 2. The Kier molecular flexibility index (Phi) is 11.7. The van der Waals surface area contributed by atoms with Gasteiger partial charge in [0.05, 0.1) is 22.1 Å². The van der Waals surface area contributed by atoms with Crippen LogP contribution in [0.2, 0.25) is 0 Å². The summed E-state index contributed by atoms with van der Waals surface area (Å²) in [4.78, 5) is 0. The number of para-hydroxylation sites is 4. The van der Waals surface area contributed by atoms with Crippen molar-refractivity contribution in [2.45, 2.75) is 0 Å². The maximum atomic E-state index is 8.83. The van der Waals surface area contributed by atoms with Gasteiger partial charge < -0.3 is 18.8 Å². The van der Waals surface area contributed by atoms with Gasteiger partial charge in [-0.1, -0.05) is 135 Å². The third kappa shape index (κ3) is 8.06. The van der Waals surface area contributed by atoms with E-state index in [-0.39, 0.29) is 0 Å². The molecule has 8 aromatic carbocycles. The van der Waals surface area contributed by atoms with Crippen LogP contribution in [0.4, 0.5) is 0 Å². The number of hydrogen-bond acceptors (Lipinski definition) is 2. The van der Waals surface area contributed by atoms with E-state index in [4.69, 9.17) is 9.68 Å². The second-order valence-corrected chi connectivity index (χ2v) is 16.0. The standard InChI is InChI=1S/C24H16BrN.C18H13BNO2.C6H4BrI/c25-19-14-12-17(13-15-19)18-6-5-7-20(16-18)26-23-10-3-1-8-21(23)22-9-2-4-11-24(22)26;21-19-22-14-7-5-6-13(12-14)20-17-10-3-1-8-15(17)16-9-2-4-11-18(16)20;7-5-1-3-6(8)4-2-5/h1-16H;1-12,21H;1-4H. The van der Waals surface area contributed by atoms with Crippen LogP contribution in [-0.2, 0) is 0 Å². The van der Waals surface area contributed by atoms with Crippen LogP contribution in [0.15, 0.2) is 203 Å². The van der Waals surface area contributed by atoms with E-state index in [1.165, 1.54) is 53.0 Å². The molecule has 4 nitrogen and oxygen atoms in total. The highest BCUT2D eigenvalue weighted by Gasteiger charge is 2.13. The lowest BCUT2D eigenvalue weighted by Gasteiger charge is -2.10. The van der Waals surface area contributed by atoms with Crippen LogP contribution in [0.5, 0.6) is 5.75 Å². The smallest absolute Gasteiger partial charge is 0.537 e. The second-order valence-electron chi connectivity index (χ2n) is 13.0. The lowest BCUT2D eigenvalue weighted by Crippen LogP contribution is -2.01. The maximum absolute atomic E-state index is 8.83. The highest BCUT2D eigenvalue weighted by Crippen LogP contribution is 2.34. The molecule has 0 bridgehead atoms. The Balaban J connectivity index is 0.000000133. The van der Waals surface area contributed by atoms with Crippen LogP contribution < -0.4 is 4.65 Å². The molecule has 10 rings (SSSR count). The molecule has 0 aliphatic rings. The molecule has 2 aromatic heterocycles. The third-order valence-electron chi connectivity index (χ3n) is 9.51. The topological polar surface area (TPSA) is 39.3 Å². The second kappa shape index (κ2) is 17.3. The minimum absolute atomic E-state index is 0.599. The van der Waals surface area contributed by atoms with Crippen molar-refractivity contribution in [1.29, 1.82) is 0 Å². The molecule has 2 heterocycles. The Morgan fingerprint density at radius 1 is 0.429 bits per heavy atom. The molecule has 56 heavy (non-hydrogen) atoms. The molecule has 0 aliphatic carbocycles. The third-order valence-corrected chi connectivity index (χ3v) is 11.3. The van der Waals surface area contributed by atoms with Crippen molar-refractivity contribution in [3.8, 4) is 28.3 Å². The molecular formula is C48H33BBr2IN2O2. The van der Waals surface area contributed by atoms with Crippen molar-refractivity contribution in [1.82, 2.24) is 9.13 Å². The van der Waals surface area contributed by atoms with E-state index in [1.54, 1.807) is 0 Å². The fraction of sp³-hybridized carbons (Fsp3) is 0. The molecule has 10 aromatic rings. The molecule has 0 atom stereocenters. The fourth-order valence-corrected chi connectivity index (χ4v) is 7.94. The van der Waals surface area contributed by atoms with Crippen LogP contribution in [-0.4, -0.2) is 21.8 Å². The van der Waals surface area contributed by atoms with Crippen molar-refractivity contribution in [2.75, 3.05) is 0 Å². The Morgan fingerprint density at radius 3 is 1.29 bits per heavy atom. The maximum Gasteiger partial charge on any atom is 0.569 e. The lowest BCUT2D eigenvalue weighted by atomic mass is 10.1. The first-order valence-electron chi connectivity index (χ1n) is 18.0. The van der Waals surface area contributed by atoms with Gasteiger partial charge in [-0.05, 0) is 119 Å². The molecule has 271 valence electrons. The van der Waals surface area contributed by atoms with E-state index in [0.29, 0.717) is 13.4 Å². The normalized spacial score (nSPS) is 10.9. The van der Waals surface area contributed by atoms with Crippen molar-refractivity contribution in [3.05, 3.63) is 207 Å². The monoisotopic (exact) mass is 965 g/mol. The van der Waals surface area contributed by atoms with E-state index < -0.39 is 0 Å². The predicted octanol–water partition coefficient (Wildman–Crippen LogP) is 14.0. The van der Waals surface area contributed by atoms with Crippen molar-refractivity contribution >= 4 is 106 Å². The summed E-state index contributed by atoms with van der Waals surface area (Å²) in [7, 11) is 0.699. The number of benzene rings is 8. The average molecular weight is 967 g/mol. The first kappa shape index (κ1) is 37.8. The molecule has 0 saturated heterocycles. The fourth-order valence-electron chi connectivity index (χ4n) is 7.05. The van der Waals surface area contributed by atoms with Crippen LogP contribution in [0.3, 0.4) is 0 Å². The molecule has 0 amide bonds. The summed E-state index contributed by atoms with van der Waals surface area (Å²) in [5.74, 6) is 0.599. The van der Waals surface area contributed by atoms with E-state index in [0.717, 1.165) is 25.7 Å². The van der Waals surface area contributed by atoms with Gasteiger partial charge >= 0.3 is 7.69 Å². The van der Waals surface area contributed by atoms with Gasteiger partial charge in [-0.2, -0.15) is 0 Å². The summed E-state index contributed by atoms with van der Waals surface area (Å²) < 4.78 is 13.1. The zero-order valence-electron chi connectivity index (χ0n) is 29.9. The zero-order valence-corrected chi connectivity index (χ0v) is 35.3. The average Bonchev–Trinajstić information content (AvgIpc) is 3.76. The van der Waals surface area contributed by atoms with Gasteiger partial charge in [0.2, 0.25) is 0 Å². The van der Waals surface area contributed by atoms with E-state index in [9.17, 15) is 0 Å². The molecule has 1 N–H and O–H groups in total. The van der Waals surface area contributed by atoms with Gasteiger partial charge in [0.15, 0.2) is 0 Å². The molecular weight excluding hydrogens is 934 g/mol. The summed E-state index contributed by atoms with van der Waals surface area (Å²) >= 11 is 9.13. The molecule has 0 unspecified atom stereocenters. The first-order chi connectivity index (χ1) is 27.5. The molecule has 0 fully saturated rings. The first-order valence-corrected chi connectivity index (χ1v) is 20.6. The number of rotatable bonds is 5. The Bertz CT molecular complexity index is 2800. The molecule has 0 spiro atoms. The molecule has 0 aliphatic heterocycles. The van der Waals surface area contributed by atoms with Crippen LogP contribution in [0.25, 0.3) is 66.1 Å². The Hall–Kier alpha value is -5.13. The van der Waals surface area contributed by atoms with Gasteiger partial charge in [-0.25, -0.2) is 0 Å². The number of hydrogen-bond donors (Lipinski definition) is 1. The summed E-state index contributed by atoms with van der Waals surface area (Å²) in [5.41, 5.74) is 9.39. The highest BCUT2D eigenvalue weighted by atomic mass is 127. The minimum Gasteiger partial charge on any atom is -0.537 e. The number of aromatic nitrogens is 2. The summed E-state index contributed by atoms with van der Waals surface area (Å²) in [6.45, 7) is 0. The van der Waals surface area contributed by atoms with E-state index in [1.807, 2.05) is 48.5 Å². The molecule has 0 saturated carbocycles. The van der Waals surface area contributed by atoms with Gasteiger partial charge in [0.25, 0.3) is 0 Å². The van der Waals surface area contributed by atoms with Crippen molar-refractivity contribution in [3.63, 3.8) is 0 Å². The van der Waals surface area contributed by atoms with Crippen molar-refractivity contribution < 1.29 is 9.68 Å². The van der Waals surface area contributed by atoms with E-state index >= 15 is 0 Å². The summed E-state index contributed by atoms with van der Waals surface area (Å²) in [5, 5.41) is 13.8. The number of fused-ring (bicyclic) bond motifs is 6. The quantitative estimate of drug-likeness (QED) is 0.138. The van der Waals surface area contributed by atoms with E-state index in [2.05, 4.69) is 209 Å². The van der Waals surface area contributed by atoms with Crippen molar-refractivity contribution in [2.24, 2.45) is 0 Å². The van der Waals surface area contributed by atoms with Gasteiger partial charge in [0.1, 0.15) is 5.75 Å². The summed E-state index contributed by atoms with van der Waals surface area (Å²) in [6, 6.07) is 67.0. The lowest BCUT2D eigenvalue weighted by molar-refractivity contribution is 0.454. The SMILES string of the molecule is Brc1ccc(-c2cccc(-n3c4ccccc4c4ccccc43)c2)cc1.Brc1ccc(I)cc1.O[B]Oc1cccc(-n2c3ccccc3c3ccccc32)c1. The highest BCUT2D eigenvalue weighted by molar-refractivity contribution is 14.1. The molecule has 8 heteroatoms. The Morgan fingerprint density at radius 2 is 0.839 bits per heavy atom. The largest absolute Gasteiger partial charge is 0.569 e. The number of halogens is 3. The zero-order chi connectivity index (χ0) is 38.4. The summed E-state index contributed by atoms with van der Waals surface area (Å²) in [6.07, 6.45) is 0. The van der Waals surface area contributed by atoms with Crippen LogP contribution in [0.1, 0.15) is 0 Å². The van der Waals surface area contributed by atoms with Crippen LogP contribution in [0, 0.1) is 3.57 Å². The van der Waals surface area contributed by atoms with Crippen LogP contribution >= 0.6 is 54.5 Å². The van der Waals surface area contributed by atoms with Gasteiger partial charge in [-0.15, -0.1) is 0 Å². The predicted molar refractivity (Wildman–Crippen MR) is 250 cm³/mol. The van der Waals surface area contributed by atoms with Gasteiger partial charge in [-0.3, -0.25) is 0 Å². The minimum atomic E-state index is 0.599. The molecule has 1 radical (unpaired) electrons.